The zero-order valence-corrected chi connectivity index (χ0v) is 14.2. The van der Waals surface area contributed by atoms with Crippen molar-refractivity contribution in [3.8, 4) is 11.3 Å². The minimum absolute atomic E-state index is 0.0520. The average Bonchev–Trinajstić information content (AvgIpc) is 3.16. The zero-order valence-electron chi connectivity index (χ0n) is 13.4. The molecule has 0 N–H and O–H groups in total. The molecule has 2 heterocycles. The number of hydrogen-bond donors (Lipinski definition) is 0. The van der Waals surface area contributed by atoms with E-state index in [0.717, 1.165) is 11.8 Å². The molecule has 1 aromatic heterocycles. The van der Waals surface area contributed by atoms with E-state index >= 15 is 0 Å². The van der Waals surface area contributed by atoms with Gasteiger partial charge >= 0.3 is 0 Å². The second-order valence-corrected chi connectivity index (χ2v) is 6.40. The van der Waals surface area contributed by atoms with Gasteiger partial charge in [-0.1, -0.05) is 25.1 Å². The predicted octanol–water partition coefficient (Wildman–Crippen LogP) is 2.76. The van der Waals surface area contributed by atoms with Crippen molar-refractivity contribution in [1.29, 1.82) is 0 Å². The molecule has 25 heavy (non-hydrogen) atoms. The summed E-state index contributed by atoms with van der Waals surface area (Å²) in [6.45, 7) is 2.29. The minimum atomic E-state index is -1.27. The number of rotatable bonds is 5. The van der Waals surface area contributed by atoms with E-state index in [-0.39, 0.29) is 16.7 Å². The lowest BCUT2D eigenvalue weighted by Crippen LogP contribution is -2.28. The normalized spacial score (nSPS) is 16.0. The molecule has 0 unspecified atom stereocenters. The quantitative estimate of drug-likeness (QED) is 0.765. The maximum atomic E-state index is 12.2. The van der Waals surface area contributed by atoms with E-state index in [0.29, 0.717) is 35.0 Å². The first kappa shape index (κ1) is 17.0. The van der Waals surface area contributed by atoms with E-state index < -0.39 is 5.97 Å². The molecule has 6 nitrogen and oxygen atoms in total. The molecule has 0 atom stereocenters. The number of carboxylic acids is 1. The van der Waals surface area contributed by atoms with Gasteiger partial charge in [0.25, 0.3) is 11.1 Å². The van der Waals surface area contributed by atoms with Gasteiger partial charge in [-0.2, -0.15) is 0 Å². The van der Waals surface area contributed by atoms with Crippen molar-refractivity contribution in [2.75, 3.05) is 6.54 Å². The Kier molecular flexibility index (Phi) is 4.76. The van der Waals surface area contributed by atoms with Crippen molar-refractivity contribution in [1.82, 2.24) is 4.90 Å². The van der Waals surface area contributed by atoms with Gasteiger partial charge in [0.2, 0.25) is 0 Å². The third-order valence-electron chi connectivity index (χ3n) is 3.60. The Morgan fingerprint density at radius 2 is 2.08 bits per heavy atom. The van der Waals surface area contributed by atoms with Crippen molar-refractivity contribution in [3.05, 3.63) is 52.6 Å². The Morgan fingerprint density at radius 3 is 2.80 bits per heavy atom. The fourth-order valence-corrected chi connectivity index (χ4v) is 3.28. The molecule has 2 amide bonds. The summed E-state index contributed by atoms with van der Waals surface area (Å²) in [5, 5.41) is 10.7. The summed E-state index contributed by atoms with van der Waals surface area (Å²) < 4.78 is 5.66. The summed E-state index contributed by atoms with van der Waals surface area (Å²) in [5.74, 6) is -0.718. The lowest BCUT2D eigenvalue weighted by molar-refractivity contribution is -0.255. The van der Waals surface area contributed by atoms with Crippen LogP contribution < -0.4 is 5.11 Å². The highest BCUT2D eigenvalue weighted by atomic mass is 32.2. The van der Waals surface area contributed by atoms with Gasteiger partial charge < -0.3 is 14.3 Å². The van der Waals surface area contributed by atoms with Gasteiger partial charge in [-0.3, -0.25) is 14.5 Å². The van der Waals surface area contributed by atoms with Crippen LogP contribution in [0.15, 0.2) is 45.7 Å². The number of amides is 2. The van der Waals surface area contributed by atoms with E-state index in [1.807, 2.05) is 6.92 Å². The van der Waals surface area contributed by atoms with Crippen LogP contribution in [-0.2, 0) is 4.79 Å². The van der Waals surface area contributed by atoms with E-state index in [4.69, 9.17) is 4.42 Å². The average molecular weight is 356 g/mol. The summed E-state index contributed by atoms with van der Waals surface area (Å²) in [6, 6.07) is 9.54. The Morgan fingerprint density at radius 1 is 1.28 bits per heavy atom. The topological polar surface area (TPSA) is 90.7 Å². The predicted molar refractivity (Wildman–Crippen MR) is 91.4 cm³/mol. The van der Waals surface area contributed by atoms with Gasteiger partial charge in [-0.15, -0.1) is 0 Å². The maximum absolute atomic E-state index is 12.2. The first-order valence-electron chi connectivity index (χ1n) is 7.66. The summed E-state index contributed by atoms with van der Waals surface area (Å²) in [5.41, 5.74) is 0.636. The van der Waals surface area contributed by atoms with Crippen LogP contribution in [0.25, 0.3) is 17.4 Å². The molecule has 1 fully saturated rings. The van der Waals surface area contributed by atoms with Crippen molar-refractivity contribution in [2.24, 2.45) is 0 Å². The van der Waals surface area contributed by atoms with Gasteiger partial charge in [0.05, 0.1) is 10.9 Å². The molecule has 3 rings (SSSR count). The van der Waals surface area contributed by atoms with Gasteiger partial charge in [-0.25, -0.2) is 0 Å². The molecular weight excluding hydrogens is 342 g/mol. The number of hydrogen-bond acceptors (Lipinski definition) is 6. The standard InChI is InChI=1S/C18H15NO5S/c1-2-8-19-16(20)15(25-18(19)23)10-13-6-7-14(24-13)11-4-3-5-12(9-11)17(21)22/h3-7,9-10H,2,8H2,1H3,(H,21,22)/p-1/b15-10-. The SMILES string of the molecule is CCCN1C(=O)S/C(=C\c2ccc(-c3cccc(C(=O)[O-])c3)o2)C1=O. The molecule has 2 aromatic rings. The number of benzene rings is 1. The summed E-state index contributed by atoms with van der Waals surface area (Å²) in [6.07, 6.45) is 2.22. The highest BCUT2D eigenvalue weighted by Crippen LogP contribution is 2.33. The molecule has 0 radical (unpaired) electrons. The summed E-state index contributed by atoms with van der Waals surface area (Å²) >= 11 is 0.881. The molecule has 0 aliphatic carbocycles. The number of carbonyl (C=O) groups is 3. The minimum Gasteiger partial charge on any atom is -0.545 e. The van der Waals surface area contributed by atoms with Gasteiger partial charge in [0, 0.05) is 18.2 Å². The van der Waals surface area contributed by atoms with Crippen LogP contribution in [-0.4, -0.2) is 28.6 Å². The maximum Gasteiger partial charge on any atom is 0.293 e. The van der Waals surface area contributed by atoms with Crippen molar-refractivity contribution in [3.63, 3.8) is 0 Å². The lowest BCUT2D eigenvalue weighted by Gasteiger charge is -2.09. The first-order valence-corrected chi connectivity index (χ1v) is 8.48. The molecule has 1 aliphatic heterocycles. The molecular formula is C18H14NO5S-. The van der Waals surface area contributed by atoms with Crippen molar-refractivity contribution in [2.45, 2.75) is 13.3 Å². The van der Waals surface area contributed by atoms with Crippen LogP contribution in [0.3, 0.4) is 0 Å². The fraction of sp³-hybridized carbons (Fsp3) is 0.167. The van der Waals surface area contributed by atoms with E-state index in [9.17, 15) is 19.5 Å². The second kappa shape index (κ2) is 6.98. The molecule has 0 spiro atoms. The smallest absolute Gasteiger partial charge is 0.293 e. The van der Waals surface area contributed by atoms with Crippen LogP contribution in [0.4, 0.5) is 4.79 Å². The number of imide groups is 1. The highest BCUT2D eigenvalue weighted by molar-refractivity contribution is 8.18. The Labute approximate surface area is 148 Å². The van der Waals surface area contributed by atoms with Crippen molar-refractivity contribution >= 4 is 35.0 Å². The molecule has 0 bridgehead atoms. The number of furan rings is 1. The lowest BCUT2D eigenvalue weighted by atomic mass is 10.1. The first-order chi connectivity index (χ1) is 12.0. The van der Waals surface area contributed by atoms with Crippen LogP contribution in [0.2, 0.25) is 0 Å². The number of aromatic carboxylic acids is 1. The summed E-state index contributed by atoms with van der Waals surface area (Å²) in [7, 11) is 0. The third-order valence-corrected chi connectivity index (χ3v) is 4.51. The Balaban J connectivity index is 1.85. The third kappa shape index (κ3) is 3.51. The molecule has 1 aromatic carbocycles. The van der Waals surface area contributed by atoms with Gasteiger partial charge in [-0.05, 0) is 41.9 Å². The number of carbonyl (C=O) groups excluding carboxylic acids is 3. The van der Waals surface area contributed by atoms with Gasteiger partial charge in [0.15, 0.2) is 0 Å². The number of thioether (sulfide) groups is 1. The second-order valence-electron chi connectivity index (χ2n) is 5.40. The largest absolute Gasteiger partial charge is 0.545 e. The fourth-order valence-electron chi connectivity index (χ4n) is 2.43. The summed E-state index contributed by atoms with van der Waals surface area (Å²) in [4.78, 5) is 36.5. The molecule has 128 valence electrons. The van der Waals surface area contributed by atoms with Crippen LogP contribution in [0, 0.1) is 0 Å². The van der Waals surface area contributed by atoms with Crippen LogP contribution in [0.1, 0.15) is 29.5 Å². The zero-order chi connectivity index (χ0) is 18.0. The molecule has 7 heteroatoms. The molecule has 1 saturated heterocycles. The highest BCUT2D eigenvalue weighted by Gasteiger charge is 2.34. The van der Waals surface area contributed by atoms with Gasteiger partial charge in [0.1, 0.15) is 11.5 Å². The van der Waals surface area contributed by atoms with E-state index in [1.165, 1.54) is 23.1 Å². The number of carboxylic acid groups (broad SMARTS) is 1. The van der Waals surface area contributed by atoms with Crippen molar-refractivity contribution < 1.29 is 23.9 Å². The van der Waals surface area contributed by atoms with E-state index in [2.05, 4.69) is 0 Å². The Hall–Kier alpha value is -2.80. The van der Waals surface area contributed by atoms with Crippen LogP contribution >= 0.6 is 11.8 Å². The Bertz CT molecular complexity index is 883. The van der Waals surface area contributed by atoms with E-state index in [1.54, 1.807) is 24.3 Å². The number of nitrogens with zero attached hydrogens (tertiary/aromatic N) is 1. The van der Waals surface area contributed by atoms with Crippen LogP contribution in [0.5, 0.6) is 0 Å². The molecule has 0 saturated carbocycles. The molecule has 1 aliphatic rings. The monoisotopic (exact) mass is 356 g/mol.